The number of carbonyl (C=O) groups is 1. The van der Waals surface area contributed by atoms with Crippen LogP contribution in [0.25, 0.3) is 10.9 Å². The Morgan fingerprint density at radius 1 is 1.32 bits per heavy atom. The summed E-state index contributed by atoms with van der Waals surface area (Å²) in [7, 11) is 0. The second-order valence-corrected chi connectivity index (χ2v) is 9.20. The fourth-order valence-corrected chi connectivity index (χ4v) is 4.84. The topological polar surface area (TPSA) is 154 Å². The number of nitrogens with two attached hydrogens (primary N) is 2. The van der Waals surface area contributed by atoms with Gasteiger partial charge in [0.25, 0.3) is 5.56 Å². The van der Waals surface area contributed by atoms with Crippen LogP contribution in [0.2, 0.25) is 0 Å². The summed E-state index contributed by atoms with van der Waals surface area (Å²) in [6.07, 6.45) is 3.04. The molecule has 0 aliphatic carbocycles. The number of benzene rings is 1. The largest absolute Gasteiger partial charge is 0.370 e. The van der Waals surface area contributed by atoms with E-state index < -0.39 is 6.04 Å². The van der Waals surface area contributed by atoms with Crippen LogP contribution in [-0.2, 0) is 10.5 Å². The molecule has 1 saturated heterocycles. The Balaban J connectivity index is 0.00000363. The Morgan fingerprint density at radius 2 is 2.00 bits per heavy atom. The summed E-state index contributed by atoms with van der Waals surface area (Å²) in [5, 5.41) is 10.9. The monoisotopic (exact) mass is 553 g/mol. The standard InChI is InChI=1S/C21H31N7O2S.3ClH/c1-13-4-2-5-15-18(13)26-17(27-19(15)29)12-31-14-7-10-28(11-8-14)20(30)16(22)6-3-9-25-21(23)24;;;/h2,4-5,14,16H,3,6-12,22H2,1H3,(H4,23,24,25)(H,26,27,29);3*1H. The third-order valence-corrected chi connectivity index (χ3v) is 6.90. The van der Waals surface area contributed by atoms with Crippen molar-refractivity contribution in [1.29, 1.82) is 5.41 Å². The highest BCUT2D eigenvalue weighted by Crippen LogP contribution is 2.26. The van der Waals surface area contributed by atoms with Gasteiger partial charge in [0.15, 0.2) is 5.96 Å². The predicted octanol–water partition coefficient (Wildman–Crippen LogP) is 2.31. The van der Waals surface area contributed by atoms with Gasteiger partial charge in [-0.2, -0.15) is 11.8 Å². The summed E-state index contributed by atoms with van der Waals surface area (Å²) < 4.78 is 0. The number of hydrogen-bond donors (Lipinski definition) is 5. The van der Waals surface area contributed by atoms with Gasteiger partial charge in [-0.05, 0) is 44.2 Å². The lowest BCUT2D eigenvalue weighted by molar-refractivity contribution is -0.133. The first-order chi connectivity index (χ1) is 14.8. The molecular formula is C21H34Cl3N7O2S. The number of rotatable bonds is 8. The quantitative estimate of drug-likeness (QED) is 0.191. The molecule has 1 unspecified atom stereocenters. The Morgan fingerprint density at radius 3 is 2.65 bits per heavy atom. The van der Waals surface area contributed by atoms with E-state index in [9.17, 15) is 9.59 Å². The van der Waals surface area contributed by atoms with Gasteiger partial charge in [0.2, 0.25) is 5.91 Å². The lowest BCUT2D eigenvalue weighted by Gasteiger charge is -2.33. The van der Waals surface area contributed by atoms with Crippen LogP contribution in [0, 0.1) is 12.3 Å². The number of nitrogens with one attached hydrogen (secondary N) is 3. The maximum Gasteiger partial charge on any atom is 0.258 e. The van der Waals surface area contributed by atoms with Gasteiger partial charge in [-0.1, -0.05) is 12.1 Å². The van der Waals surface area contributed by atoms with Crippen LogP contribution in [0.1, 0.15) is 37.1 Å². The highest BCUT2D eigenvalue weighted by Gasteiger charge is 2.26. The zero-order valence-electron chi connectivity index (χ0n) is 19.0. The number of halogens is 3. The molecule has 7 N–H and O–H groups in total. The van der Waals surface area contributed by atoms with Gasteiger partial charge in [0, 0.05) is 24.9 Å². The zero-order valence-corrected chi connectivity index (χ0v) is 22.3. The van der Waals surface area contributed by atoms with Crippen molar-refractivity contribution in [2.45, 2.75) is 49.7 Å². The molecule has 1 amide bonds. The van der Waals surface area contributed by atoms with Gasteiger partial charge >= 0.3 is 0 Å². The second-order valence-electron chi connectivity index (χ2n) is 7.91. The number of aryl methyl sites for hydroxylation is 1. The summed E-state index contributed by atoms with van der Waals surface area (Å²) in [5.74, 6) is 1.25. The van der Waals surface area contributed by atoms with Crippen molar-refractivity contribution >= 4 is 71.8 Å². The number of guanidine groups is 1. The zero-order chi connectivity index (χ0) is 22.4. The predicted molar refractivity (Wildman–Crippen MR) is 147 cm³/mol. The highest BCUT2D eigenvalue weighted by atomic mass is 35.5. The molecule has 0 radical (unpaired) electrons. The van der Waals surface area contributed by atoms with E-state index in [1.807, 2.05) is 24.0 Å². The first-order valence-electron chi connectivity index (χ1n) is 10.6. The van der Waals surface area contributed by atoms with Crippen LogP contribution >= 0.6 is 49.0 Å². The molecule has 3 rings (SSSR count). The Hall–Kier alpha value is -1.72. The molecule has 1 aromatic carbocycles. The van der Waals surface area contributed by atoms with E-state index in [1.54, 1.807) is 17.8 Å². The van der Waals surface area contributed by atoms with Gasteiger partial charge in [-0.15, -0.1) is 37.2 Å². The van der Waals surface area contributed by atoms with E-state index in [2.05, 4.69) is 15.3 Å². The average Bonchev–Trinajstić information content (AvgIpc) is 2.75. The SMILES string of the molecule is Cc1cccc2c(=O)[nH]c(CSC3CCN(C(=O)C(N)CCCNC(=N)N)CC3)nc12.Cl.Cl.Cl. The molecule has 2 heterocycles. The number of nitrogens with zero attached hydrogens (tertiary/aromatic N) is 2. The van der Waals surface area contributed by atoms with Crippen molar-refractivity contribution in [2.24, 2.45) is 11.5 Å². The molecule has 1 aliphatic rings. The molecule has 192 valence electrons. The molecule has 13 heteroatoms. The van der Waals surface area contributed by atoms with Crippen LogP contribution in [0.5, 0.6) is 0 Å². The van der Waals surface area contributed by atoms with Crippen LogP contribution in [0.4, 0.5) is 0 Å². The van der Waals surface area contributed by atoms with Gasteiger partial charge < -0.3 is 26.7 Å². The molecule has 2 aromatic rings. The van der Waals surface area contributed by atoms with Gasteiger partial charge in [-0.25, -0.2) is 4.98 Å². The highest BCUT2D eigenvalue weighted by molar-refractivity contribution is 7.99. The van der Waals surface area contributed by atoms with E-state index in [1.165, 1.54) is 0 Å². The fourth-order valence-electron chi connectivity index (χ4n) is 3.76. The van der Waals surface area contributed by atoms with Crippen molar-refractivity contribution < 1.29 is 4.79 Å². The molecular weight excluding hydrogens is 521 g/mol. The van der Waals surface area contributed by atoms with E-state index in [-0.39, 0.29) is 54.6 Å². The summed E-state index contributed by atoms with van der Waals surface area (Å²) in [4.78, 5) is 34.3. The second kappa shape index (κ2) is 15.3. The van der Waals surface area contributed by atoms with Crippen LogP contribution < -0.4 is 22.3 Å². The van der Waals surface area contributed by atoms with Gasteiger partial charge in [0.1, 0.15) is 5.82 Å². The number of fused-ring (bicyclic) bond motifs is 1. The Bertz CT molecular complexity index is 1000. The summed E-state index contributed by atoms with van der Waals surface area (Å²) in [6, 6.07) is 5.10. The molecule has 1 atom stereocenters. The average molecular weight is 555 g/mol. The third kappa shape index (κ3) is 8.81. The molecule has 9 nitrogen and oxygen atoms in total. The fraction of sp³-hybridized carbons (Fsp3) is 0.524. The van der Waals surface area contributed by atoms with E-state index in [0.717, 1.165) is 23.9 Å². The van der Waals surface area contributed by atoms with Crippen LogP contribution in [-0.4, -0.2) is 57.7 Å². The van der Waals surface area contributed by atoms with Crippen molar-refractivity contribution in [2.75, 3.05) is 19.6 Å². The van der Waals surface area contributed by atoms with E-state index in [4.69, 9.17) is 16.9 Å². The summed E-state index contributed by atoms with van der Waals surface area (Å²) in [6.45, 7) is 3.88. The number of likely N-dealkylation sites (tertiary alicyclic amines) is 1. The first-order valence-corrected chi connectivity index (χ1v) is 11.6. The number of para-hydroxylation sites is 1. The number of hydrogen-bond acceptors (Lipinski definition) is 6. The number of aromatic amines is 1. The first kappa shape index (κ1) is 32.3. The number of thioether (sulfide) groups is 1. The summed E-state index contributed by atoms with van der Waals surface area (Å²) in [5.41, 5.74) is 13.0. The van der Waals surface area contributed by atoms with E-state index >= 15 is 0 Å². The van der Waals surface area contributed by atoms with Crippen molar-refractivity contribution in [3.8, 4) is 0 Å². The minimum atomic E-state index is -0.520. The number of H-pyrrole nitrogens is 1. The van der Waals surface area contributed by atoms with Crippen molar-refractivity contribution in [1.82, 2.24) is 20.2 Å². The number of amides is 1. The molecule has 0 saturated carbocycles. The summed E-state index contributed by atoms with van der Waals surface area (Å²) >= 11 is 1.77. The minimum absolute atomic E-state index is 0. The van der Waals surface area contributed by atoms with Gasteiger partial charge in [0.05, 0.1) is 22.7 Å². The molecule has 0 spiro atoms. The van der Waals surface area contributed by atoms with E-state index in [0.29, 0.717) is 54.7 Å². The molecule has 0 bridgehead atoms. The Labute approximate surface area is 222 Å². The maximum atomic E-state index is 12.6. The maximum absolute atomic E-state index is 12.6. The number of carbonyl (C=O) groups excluding carboxylic acids is 1. The molecule has 1 fully saturated rings. The minimum Gasteiger partial charge on any atom is -0.370 e. The molecule has 1 aliphatic heterocycles. The van der Waals surface area contributed by atoms with Crippen molar-refractivity contribution in [3.05, 3.63) is 39.9 Å². The lowest BCUT2D eigenvalue weighted by atomic mass is 10.1. The normalized spacial score (nSPS) is 14.4. The molecule has 1 aromatic heterocycles. The van der Waals surface area contributed by atoms with Crippen LogP contribution in [0.3, 0.4) is 0 Å². The number of piperidine rings is 1. The third-order valence-electron chi connectivity index (χ3n) is 5.52. The lowest BCUT2D eigenvalue weighted by Crippen LogP contribution is -2.47. The smallest absolute Gasteiger partial charge is 0.258 e. The number of aromatic nitrogens is 2. The Kier molecular flexibility index (Phi) is 14.5. The van der Waals surface area contributed by atoms with Crippen LogP contribution in [0.15, 0.2) is 23.0 Å². The van der Waals surface area contributed by atoms with Crippen molar-refractivity contribution in [3.63, 3.8) is 0 Å². The van der Waals surface area contributed by atoms with Gasteiger partial charge in [-0.3, -0.25) is 15.0 Å². The molecule has 34 heavy (non-hydrogen) atoms.